The van der Waals surface area contributed by atoms with Gasteiger partial charge in [0.15, 0.2) is 5.78 Å². The molecule has 2 aromatic heterocycles. The number of hydrogen-bond acceptors (Lipinski definition) is 6. The molecule has 2 aromatic carbocycles. The summed E-state index contributed by atoms with van der Waals surface area (Å²) in [5.41, 5.74) is 1.22. The molecule has 1 fully saturated rings. The van der Waals surface area contributed by atoms with Gasteiger partial charge in [0.1, 0.15) is 22.7 Å². The normalized spacial score (nSPS) is 18.4. The second-order valence-electron chi connectivity index (χ2n) is 9.21. The Hall–Kier alpha value is -4.37. The highest BCUT2D eigenvalue weighted by molar-refractivity contribution is 6.36. The lowest BCUT2D eigenvalue weighted by atomic mass is 9.92. The van der Waals surface area contributed by atoms with E-state index < -0.39 is 5.54 Å². The Morgan fingerprint density at radius 2 is 1.92 bits per heavy atom. The average Bonchev–Trinajstić information content (AvgIpc) is 3.51. The Morgan fingerprint density at radius 1 is 1.11 bits per heavy atom. The average molecular weight is 516 g/mol. The van der Waals surface area contributed by atoms with Crippen LogP contribution in [0.1, 0.15) is 29.3 Å². The van der Waals surface area contributed by atoms with E-state index in [4.69, 9.17) is 16.3 Å². The van der Waals surface area contributed by atoms with E-state index >= 15 is 0 Å². The van der Waals surface area contributed by atoms with Gasteiger partial charge in [0.25, 0.3) is 5.91 Å². The highest BCUT2D eigenvalue weighted by Crippen LogP contribution is 2.41. The van der Waals surface area contributed by atoms with Gasteiger partial charge in [-0.3, -0.25) is 14.4 Å². The van der Waals surface area contributed by atoms with E-state index in [0.29, 0.717) is 58.0 Å². The number of likely N-dealkylation sites (tertiary alicyclic amines) is 1. The van der Waals surface area contributed by atoms with Gasteiger partial charge in [-0.25, -0.2) is 4.98 Å². The van der Waals surface area contributed by atoms with Gasteiger partial charge < -0.3 is 25.3 Å². The fraction of sp³-hybridized carbons (Fsp3) is 0.185. The Labute approximate surface area is 216 Å². The molecule has 37 heavy (non-hydrogen) atoms. The van der Waals surface area contributed by atoms with Gasteiger partial charge in [0, 0.05) is 31.3 Å². The molecule has 186 valence electrons. The van der Waals surface area contributed by atoms with Crippen molar-refractivity contribution in [2.45, 2.75) is 18.9 Å². The first-order valence-corrected chi connectivity index (χ1v) is 12.1. The number of aromatic amines is 1. The number of carbonyl (C=O) groups is 3. The van der Waals surface area contributed by atoms with Gasteiger partial charge >= 0.3 is 0 Å². The number of hydrogen-bond donors (Lipinski definition) is 3. The fourth-order valence-electron chi connectivity index (χ4n) is 4.92. The predicted octanol–water partition coefficient (Wildman–Crippen LogP) is 4.59. The van der Waals surface area contributed by atoms with E-state index in [1.54, 1.807) is 35.5 Å². The maximum atomic E-state index is 13.7. The highest BCUT2D eigenvalue weighted by Gasteiger charge is 2.48. The fourth-order valence-corrected chi connectivity index (χ4v) is 5.17. The van der Waals surface area contributed by atoms with Crippen LogP contribution in [0.25, 0.3) is 11.0 Å². The van der Waals surface area contributed by atoms with Gasteiger partial charge in [-0.1, -0.05) is 29.8 Å². The minimum atomic E-state index is -0.987. The Balaban J connectivity index is 1.36. The third-order valence-corrected chi connectivity index (χ3v) is 7.18. The summed E-state index contributed by atoms with van der Waals surface area (Å²) >= 11 is 6.53. The number of fused-ring (bicyclic) bond motifs is 3. The molecule has 4 heterocycles. The number of para-hydroxylation sites is 1. The van der Waals surface area contributed by atoms with Crippen molar-refractivity contribution < 1.29 is 19.1 Å². The largest absolute Gasteiger partial charge is 0.457 e. The van der Waals surface area contributed by atoms with Crippen LogP contribution in [0.15, 0.2) is 60.9 Å². The van der Waals surface area contributed by atoms with Crippen molar-refractivity contribution in [3.05, 3.63) is 77.1 Å². The lowest BCUT2D eigenvalue weighted by Gasteiger charge is -2.35. The SMILES string of the molecule is CC(=O)N1CCC2(C1)Nc1c(cnc3[nH]cc(C(=O)c4ccc(Oc5ccccc5)cc4Cl)c13)NC2=O. The number of ether oxygens (including phenoxy) is 1. The quantitative estimate of drug-likeness (QED) is 0.342. The number of nitrogens with one attached hydrogen (secondary N) is 3. The molecule has 1 atom stereocenters. The first-order chi connectivity index (χ1) is 17.8. The maximum absolute atomic E-state index is 13.7. The zero-order chi connectivity index (χ0) is 25.7. The molecular formula is C27H22ClN5O4. The van der Waals surface area contributed by atoms with Gasteiger partial charge in [-0.15, -0.1) is 0 Å². The number of amides is 2. The number of anilines is 2. The van der Waals surface area contributed by atoms with E-state index in [0.717, 1.165) is 0 Å². The van der Waals surface area contributed by atoms with E-state index in [2.05, 4.69) is 20.6 Å². The van der Waals surface area contributed by atoms with E-state index in [-0.39, 0.29) is 29.2 Å². The van der Waals surface area contributed by atoms with Crippen LogP contribution in [-0.2, 0) is 9.59 Å². The second kappa shape index (κ2) is 8.63. The van der Waals surface area contributed by atoms with Crippen LogP contribution in [0.2, 0.25) is 5.02 Å². The molecule has 9 nitrogen and oxygen atoms in total. The van der Waals surface area contributed by atoms with Crippen LogP contribution >= 0.6 is 11.6 Å². The van der Waals surface area contributed by atoms with Crippen LogP contribution in [-0.4, -0.2) is 51.1 Å². The van der Waals surface area contributed by atoms with Crippen molar-refractivity contribution in [3.8, 4) is 11.5 Å². The van der Waals surface area contributed by atoms with Gasteiger partial charge in [-0.05, 0) is 30.7 Å². The number of aromatic nitrogens is 2. The summed E-state index contributed by atoms with van der Waals surface area (Å²) in [6, 6.07) is 14.2. The molecule has 6 rings (SSSR count). The third-order valence-electron chi connectivity index (χ3n) is 6.87. The van der Waals surface area contributed by atoms with Gasteiger partial charge in [0.05, 0.1) is 40.1 Å². The molecule has 3 N–H and O–H groups in total. The molecule has 1 unspecified atom stereocenters. The molecule has 0 aliphatic carbocycles. The number of halogens is 1. The van der Waals surface area contributed by atoms with Crippen molar-refractivity contribution in [3.63, 3.8) is 0 Å². The predicted molar refractivity (Wildman–Crippen MR) is 139 cm³/mol. The van der Waals surface area contributed by atoms with E-state index in [9.17, 15) is 14.4 Å². The van der Waals surface area contributed by atoms with Crippen molar-refractivity contribution in [2.75, 3.05) is 23.7 Å². The van der Waals surface area contributed by atoms with Crippen LogP contribution in [0.3, 0.4) is 0 Å². The number of H-pyrrole nitrogens is 1. The lowest BCUT2D eigenvalue weighted by Crippen LogP contribution is -2.54. The molecule has 10 heteroatoms. The molecule has 1 spiro atoms. The number of nitrogens with zero attached hydrogens (tertiary/aromatic N) is 2. The number of pyridine rings is 1. The van der Waals surface area contributed by atoms with Crippen LogP contribution in [0, 0.1) is 0 Å². The van der Waals surface area contributed by atoms with Crippen molar-refractivity contribution in [2.24, 2.45) is 0 Å². The van der Waals surface area contributed by atoms with Crippen molar-refractivity contribution in [1.82, 2.24) is 14.9 Å². The topological polar surface area (TPSA) is 116 Å². The molecule has 0 radical (unpaired) electrons. The number of rotatable bonds is 4. The summed E-state index contributed by atoms with van der Waals surface area (Å²) in [6.45, 7) is 2.18. The first kappa shape index (κ1) is 23.1. The molecule has 2 aliphatic rings. The summed E-state index contributed by atoms with van der Waals surface area (Å²) in [5, 5.41) is 7.07. The molecule has 4 aromatic rings. The van der Waals surface area contributed by atoms with Crippen molar-refractivity contribution >= 4 is 51.6 Å². The molecule has 2 aliphatic heterocycles. The standard InChI is InChI=1S/C27H22ClN5O4/c1-15(34)33-10-9-27(14-33)26(36)31-21-13-30-25-22(23(21)32-27)19(12-29-25)24(35)18-8-7-17(11-20(18)28)37-16-5-3-2-4-6-16/h2-8,11-13,32H,9-10,14H2,1H3,(H,29,30)(H,31,36). The van der Waals surface area contributed by atoms with Gasteiger partial charge in [0.2, 0.25) is 5.91 Å². The molecule has 0 bridgehead atoms. The zero-order valence-corrected chi connectivity index (χ0v) is 20.6. The Morgan fingerprint density at radius 3 is 2.65 bits per heavy atom. The molecule has 2 amide bonds. The number of carbonyl (C=O) groups excluding carboxylic acids is 3. The summed E-state index contributed by atoms with van der Waals surface area (Å²) in [4.78, 5) is 47.7. The van der Waals surface area contributed by atoms with E-state index in [1.165, 1.54) is 6.92 Å². The molecule has 0 saturated carbocycles. The summed E-state index contributed by atoms with van der Waals surface area (Å²) in [5.74, 6) is 0.536. The third kappa shape index (κ3) is 3.88. The van der Waals surface area contributed by atoms with Crippen molar-refractivity contribution in [1.29, 1.82) is 0 Å². The number of ketones is 1. The minimum Gasteiger partial charge on any atom is -0.457 e. The smallest absolute Gasteiger partial charge is 0.252 e. The monoisotopic (exact) mass is 515 g/mol. The molecular weight excluding hydrogens is 494 g/mol. The Kier molecular flexibility index (Phi) is 5.38. The lowest BCUT2D eigenvalue weighted by molar-refractivity contribution is -0.128. The van der Waals surface area contributed by atoms with E-state index in [1.807, 2.05) is 30.3 Å². The Bertz CT molecular complexity index is 1580. The second-order valence-corrected chi connectivity index (χ2v) is 9.62. The summed E-state index contributed by atoms with van der Waals surface area (Å²) in [7, 11) is 0. The molecule has 1 saturated heterocycles. The number of benzene rings is 2. The highest BCUT2D eigenvalue weighted by atomic mass is 35.5. The minimum absolute atomic E-state index is 0.0935. The zero-order valence-electron chi connectivity index (χ0n) is 19.8. The first-order valence-electron chi connectivity index (χ1n) is 11.8. The van der Waals surface area contributed by atoms with Gasteiger partial charge in [-0.2, -0.15) is 0 Å². The van der Waals surface area contributed by atoms with Crippen LogP contribution in [0.4, 0.5) is 11.4 Å². The van der Waals surface area contributed by atoms with Crippen LogP contribution in [0.5, 0.6) is 11.5 Å². The van der Waals surface area contributed by atoms with Crippen LogP contribution < -0.4 is 15.4 Å². The maximum Gasteiger partial charge on any atom is 0.252 e. The summed E-state index contributed by atoms with van der Waals surface area (Å²) < 4.78 is 5.83. The summed E-state index contributed by atoms with van der Waals surface area (Å²) in [6.07, 6.45) is 3.58.